The van der Waals surface area contributed by atoms with E-state index < -0.39 is 6.04 Å². The van der Waals surface area contributed by atoms with E-state index in [9.17, 15) is 9.59 Å². The van der Waals surface area contributed by atoms with Gasteiger partial charge in [-0.15, -0.1) is 0 Å². The number of likely N-dealkylation sites (N-methyl/N-ethyl adjacent to an activating group) is 1. The molecule has 0 bridgehead atoms. The van der Waals surface area contributed by atoms with Crippen molar-refractivity contribution in [2.45, 2.75) is 13.0 Å². The number of nitrogens with one attached hydrogen (secondary N) is 1. The van der Waals surface area contributed by atoms with E-state index in [1.54, 1.807) is 0 Å². The maximum Gasteiger partial charge on any atom is 0.249 e. The van der Waals surface area contributed by atoms with Gasteiger partial charge in [-0.3, -0.25) is 9.59 Å². The first-order chi connectivity index (χ1) is 8.70. The van der Waals surface area contributed by atoms with Crippen molar-refractivity contribution < 1.29 is 19.1 Å². The molecule has 104 valence electrons. The quantitative estimate of drug-likeness (QED) is 0.556. The van der Waals surface area contributed by atoms with E-state index in [2.05, 4.69) is 5.32 Å². The van der Waals surface area contributed by atoms with Gasteiger partial charge in [-0.2, -0.15) is 0 Å². The molecule has 18 heavy (non-hydrogen) atoms. The summed E-state index contributed by atoms with van der Waals surface area (Å²) in [4.78, 5) is 25.2. The monoisotopic (exact) mass is 259 g/mol. The topological polar surface area (TPSA) is 93.9 Å². The van der Waals surface area contributed by atoms with Gasteiger partial charge in [-0.05, 0) is 6.92 Å². The van der Waals surface area contributed by atoms with Crippen LogP contribution in [0.2, 0.25) is 0 Å². The van der Waals surface area contributed by atoms with Crippen LogP contribution < -0.4 is 11.1 Å². The van der Waals surface area contributed by atoms with E-state index >= 15 is 0 Å². The van der Waals surface area contributed by atoms with Gasteiger partial charge in [-0.25, -0.2) is 0 Å². The third kappa shape index (κ3) is 4.25. The van der Waals surface area contributed by atoms with Gasteiger partial charge in [0.25, 0.3) is 0 Å². The SMILES string of the molecule is CCNC(=O)C1COCCN1C(=O)COCCN. The Morgan fingerprint density at radius 3 is 3.00 bits per heavy atom. The average Bonchev–Trinajstić information content (AvgIpc) is 2.39. The third-order valence-corrected chi connectivity index (χ3v) is 2.59. The Balaban J connectivity index is 2.52. The minimum absolute atomic E-state index is 0.0485. The molecule has 0 aliphatic carbocycles. The predicted octanol–water partition coefficient (Wildman–Crippen LogP) is -1.67. The Morgan fingerprint density at radius 2 is 2.33 bits per heavy atom. The van der Waals surface area contributed by atoms with Crippen LogP contribution in [0.5, 0.6) is 0 Å². The number of carbonyl (C=O) groups is 2. The van der Waals surface area contributed by atoms with Crippen molar-refractivity contribution in [3.05, 3.63) is 0 Å². The van der Waals surface area contributed by atoms with Crippen LogP contribution in [0.3, 0.4) is 0 Å². The van der Waals surface area contributed by atoms with Crippen molar-refractivity contribution in [2.24, 2.45) is 5.73 Å². The first-order valence-corrected chi connectivity index (χ1v) is 6.13. The molecular weight excluding hydrogens is 238 g/mol. The summed E-state index contributed by atoms with van der Waals surface area (Å²) in [7, 11) is 0. The highest BCUT2D eigenvalue weighted by molar-refractivity contribution is 5.88. The largest absolute Gasteiger partial charge is 0.377 e. The van der Waals surface area contributed by atoms with Crippen LogP contribution in [-0.2, 0) is 19.1 Å². The Morgan fingerprint density at radius 1 is 1.56 bits per heavy atom. The summed E-state index contributed by atoms with van der Waals surface area (Å²) in [6.07, 6.45) is 0. The van der Waals surface area contributed by atoms with Gasteiger partial charge in [0.1, 0.15) is 12.6 Å². The van der Waals surface area contributed by atoms with Crippen LogP contribution in [0.15, 0.2) is 0 Å². The van der Waals surface area contributed by atoms with Crippen LogP contribution in [0.25, 0.3) is 0 Å². The van der Waals surface area contributed by atoms with Crippen LogP contribution >= 0.6 is 0 Å². The molecule has 1 atom stereocenters. The number of hydrogen-bond acceptors (Lipinski definition) is 5. The molecule has 0 aromatic carbocycles. The fourth-order valence-electron chi connectivity index (χ4n) is 1.74. The molecule has 1 saturated heterocycles. The van der Waals surface area contributed by atoms with Gasteiger partial charge in [0, 0.05) is 19.6 Å². The molecular formula is C11H21N3O4. The number of nitrogens with zero attached hydrogens (tertiary/aromatic N) is 1. The molecule has 0 radical (unpaired) electrons. The van der Waals surface area contributed by atoms with Gasteiger partial charge in [0.05, 0.1) is 19.8 Å². The third-order valence-electron chi connectivity index (χ3n) is 2.59. The highest BCUT2D eigenvalue weighted by Crippen LogP contribution is 2.08. The molecule has 2 amide bonds. The zero-order valence-corrected chi connectivity index (χ0v) is 10.7. The van der Waals surface area contributed by atoms with E-state index in [-0.39, 0.29) is 25.0 Å². The van der Waals surface area contributed by atoms with Crippen molar-refractivity contribution in [3.8, 4) is 0 Å². The summed E-state index contributed by atoms with van der Waals surface area (Å²) < 4.78 is 10.3. The molecule has 1 rings (SSSR count). The maximum atomic E-state index is 11.9. The smallest absolute Gasteiger partial charge is 0.249 e. The number of nitrogens with two attached hydrogens (primary N) is 1. The summed E-state index contributed by atoms with van der Waals surface area (Å²) >= 11 is 0. The average molecular weight is 259 g/mol. The Bertz CT molecular complexity index is 285. The van der Waals surface area contributed by atoms with Crippen molar-refractivity contribution in [3.63, 3.8) is 0 Å². The molecule has 1 fully saturated rings. The van der Waals surface area contributed by atoms with E-state index in [1.165, 1.54) is 4.90 Å². The first-order valence-electron chi connectivity index (χ1n) is 6.13. The van der Waals surface area contributed by atoms with Crippen molar-refractivity contribution in [1.82, 2.24) is 10.2 Å². The molecule has 1 unspecified atom stereocenters. The lowest BCUT2D eigenvalue weighted by Crippen LogP contribution is -2.56. The molecule has 7 heteroatoms. The highest BCUT2D eigenvalue weighted by Gasteiger charge is 2.32. The molecule has 1 heterocycles. The number of morpholine rings is 1. The fourth-order valence-corrected chi connectivity index (χ4v) is 1.74. The molecule has 3 N–H and O–H groups in total. The lowest BCUT2D eigenvalue weighted by Gasteiger charge is -2.34. The minimum Gasteiger partial charge on any atom is -0.377 e. The Kier molecular flexibility index (Phi) is 6.63. The summed E-state index contributed by atoms with van der Waals surface area (Å²) in [6.45, 7) is 4.10. The molecule has 0 aromatic rings. The van der Waals surface area contributed by atoms with Gasteiger partial charge in [0.2, 0.25) is 11.8 Å². The summed E-state index contributed by atoms with van der Waals surface area (Å²) in [5, 5.41) is 2.69. The van der Waals surface area contributed by atoms with E-state index in [4.69, 9.17) is 15.2 Å². The lowest BCUT2D eigenvalue weighted by molar-refractivity contribution is -0.151. The van der Waals surface area contributed by atoms with E-state index in [1.807, 2.05) is 6.92 Å². The highest BCUT2D eigenvalue weighted by atomic mass is 16.5. The van der Waals surface area contributed by atoms with E-state index in [0.717, 1.165) is 0 Å². The van der Waals surface area contributed by atoms with Gasteiger partial charge in [-0.1, -0.05) is 0 Å². The number of hydrogen-bond donors (Lipinski definition) is 2. The standard InChI is InChI=1S/C11H21N3O4/c1-2-13-11(16)9-7-18-6-4-14(9)10(15)8-17-5-3-12/h9H,2-8,12H2,1H3,(H,13,16). The zero-order valence-electron chi connectivity index (χ0n) is 10.7. The summed E-state index contributed by atoms with van der Waals surface area (Å²) in [5.74, 6) is -0.396. The molecule has 7 nitrogen and oxygen atoms in total. The Hall–Kier alpha value is -1.18. The van der Waals surface area contributed by atoms with Crippen LogP contribution in [-0.4, -0.2) is 68.8 Å². The van der Waals surface area contributed by atoms with Gasteiger partial charge in [0.15, 0.2) is 0 Å². The predicted molar refractivity (Wildman–Crippen MR) is 64.9 cm³/mol. The number of carbonyl (C=O) groups excluding carboxylic acids is 2. The van der Waals surface area contributed by atoms with Crippen molar-refractivity contribution in [2.75, 3.05) is 46.1 Å². The van der Waals surface area contributed by atoms with Crippen LogP contribution in [0, 0.1) is 0 Å². The second kappa shape index (κ2) is 8.02. The Labute approximate surface area is 107 Å². The minimum atomic E-state index is -0.562. The number of ether oxygens (including phenoxy) is 2. The number of rotatable bonds is 6. The summed E-state index contributed by atoms with van der Waals surface area (Å²) in [6, 6.07) is -0.562. The molecule has 0 spiro atoms. The van der Waals surface area contributed by atoms with E-state index in [0.29, 0.717) is 32.8 Å². The molecule has 0 aromatic heterocycles. The molecule has 0 saturated carbocycles. The molecule has 1 aliphatic heterocycles. The lowest BCUT2D eigenvalue weighted by atomic mass is 10.2. The van der Waals surface area contributed by atoms with Crippen LogP contribution in [0.1, 0.15) is 6.92 Å². The fraction of sp³-hybridized carbons (Fsp3) is 0.818. The van der Waals surface area contributed by atoms with Crippen molar-refractivity contribution in [1.29, 1.82) is 0 Å². The second-order valence-electron chi connectivity index (χ2n) is 3.91. The maximum absolute atomic E-state index is 11.9. The number of amides is 2. The van der Waals surface area contributed by atoms with Gasteiger partial charge >= 0.3 is 0 Å². The van der Waals surface area contributed by atoms with Crippen molar-refractivity contribution >= 4 is 11.8 Å². The van der Waals surface area contributed by atoms with Gasteiger partial charge < -0.3 is 25.4 Å². The second-order valence-corrected chi connectivity index (χ2v) is 3.91. The zero-order chi connectivity index (χ0) is 13.4. The first kappa shape index (κ1) is 14.9. The van der Waals surface area contributed by atoms with Crippen LogP contribution in [0.4, 0.5) is 0 Å². The normalized spacial score (nSPS) is 19.7. The molecule has 1 aliphatic rings. The summed E-state index contributed by atoms with van der Waals surface area (Å²) in [5.41, 5.74) is 5.27.